The monoisotopic (exact) mass is 202 g/mol. The molecule has 0 spiro atoms. The maximum Gasteiger partial charge on any atom is 0.158 e. The number of rotatable bonds is 1. The van der Waals surface area contributed by atoms with E-state index in [4.69, 9.17) is 11.1 Å². The molecule has 1 heterocycles. The number of aromatic nitrogens is 1. The lowest BCUT2D eigenvalue weighted by atomic mass is 10.1. The molecule has 4 nitrogen and oxygen atoms in total. The van der Waals surface area contributed by atoms with E-state index in [0.717, 1.165) is 18.5 Å². The van der Waals surface area contributed by atoms with Gasteiger partial charge in [0.15, 0.2) is 5.82 Å². The van der Waals surface area contributed by atoms with Gasteiger partial charge in [0, 0.05) is 5.69 Å². The molecule has 0 fully saturated rings. The number of hydrazine groups is 1. The average Bonchev–Trinajstić information content (AvgIpc) is 2.51. The fraction of sp³-hybridized carbons (Fsp3) is 0.455. The van der Waals surface area contributed by atoms with Crippen molar-refractivity contribution in [2.24, 2.45) is 5.84 Å². The minimum atomic E-state index is 0.498. The van der Waals surface area contributed by atoms with Crippen molar-refractivity contribution in [3.8, 4) is 6.07 Å². The minimum Gasteiger partial charge on any atom is -0.307 e. The third-order valence-corrected chi connectivity index (χ3v) is 2.81. The number of hydrogen-bond acceptors (Lipinski definition) is 4. The molecular formula is C11H14N4. The zero-order chi connectivity index (χ0) is 10.7. The first-order chi connectivity index (χ1) is 7.35. The van der Waals surface area contributed by atoms with E-state index in [9.17, 15) is 0 Å². The Kier molecular flexibility index (Phi) is 2.84. The molecule has 2 rings (SSSR count). The Morgan fingerprint density at radius 1 is 1.33 bits per heavy atom. The molecule has 0 amide bonds. The third kappa shape index (κ3) is 1.92. The molecule has 0 unspecified atom stereocenters. The maximum atomic E-state index is 8.94. The normalized spacial score (nSPS) is 14.9. The van der Waals surface area contributed by atoms with Crippen LogP contribution in [0.25, 0.3) is 0 Å². The number of aryl methyl sites for hydroxylation is 2. The molecule has 3 N–H and O–H groups in total. The number of pyridine rings is 1. The highest BCUT2D eigenvalue weighted by atomic mass is 15.2. The highest BCUT2D eigenvalue weighted by molar-refractivity contribution is 5.53. The summed E-state index contributed by atoms with van der Waals surface area (Å²) < 4.78 is 0. The van der Waals surface area contributed by atoms with Crippen molar-refractivity contribution < 1.29 is 0 Å². The van der Waals surface area contributed by atoms with Crippen LogP contribution in [0.15, 0.2) is 6.07 Å². The van der Waals surface area contributed by atoms with Gasteiger partial charge in [0.2, 0.25) is 0 Å². The molecule has 15 heavy (non-hydrogen) atoms. The van der Waals surface area contributed by atoms with Gasteiger partial charge in [0.1, 0.15) is 6.07 Å². The first kappa shape index (κ1) is 9.94. The van der Waals surface area contributed by atoms with Crippen LogP contribution in [-0.4, -0.2) is 4.98 Å². The second kappa shape index (κ2) is 4.28. The molecule has 1 aliphatic carbocycles. The van der Waals surface area contributed by atoms with Crippen molar-refractivity contribution in [2.45, 2.75) is 32.1 Å². The smallest absolute Gasteiger partial charge is 0.158 e. The van der Waals surface area contributed by atoms with Gasteiger partial charge in [0.05, 0.1) is 5.56 Å². The number of nitrogens with one attached hydrogen (secondary N) is 1. The average molecular weight is 202 g/mol. The molecule has 1 aromatic rings. The zero-order valence-corrected chi connectivity index (χ0v) is 8.58. The predicted molar refractivity (Wildman–Crippen MR) is 58.0 cm³/mol. The molecule has 0 saturated carbocycles. The van der Waals surface area contributed by atoms with Gasteiger partial charge in [-0.15, -0.1) is 0 Å². The summed E-state index contributed by atoms with van der Waals surface area (Å²) in [6, 6.07) is 4.03. The van der Waals surface area contributed by atoms with Crippen LogP contribution in [0, 0.1) is 11.3 Å². The largest absolute Gasteiger partial charge is 0.307 e. The molecule has 78 valence electrons. The molecule has 0 aliphatic heterocycles. The second-order valence-electron chi connectivity index (χ2n) is 3.81. The van der Waals surface area contributed by atoms with E-state index in [1.54, 1.807) is 0 Å². The van der Waals surface area contributed by atoms with Crippen molar-refractivity contribution in [3.05, 3.63) is 22.9 Å². The van der Waals surface area contributed by atoms with Crippen LogP contribution in [0.4, 0.5) is 5.82 Å². The number of nitrogens with two attached hydrogens (primary N) is 1. The SMILES string of the molecule is N#Cc1cc2c(nc1NN)CCCCC2. The first-order valence-electron chi connectivity index (χ1n) is 5.24. The quantitative estimate of drug-likeness (QED) is 0.411. The number of anilines is 1. The van der Waals surface area contributed by atoms with E-state index in [1.807, 2.05) is 6.07 Å². The van der Waals surface area contributed by atoms with Gasteiger partial charge in [0.25, 0.3) is 0 Å². The standard InChI is InChI=1S/C11H14N4/c12-7-9-6-8-4-2-1-3-5-10(8)14-11(9)15-13/h6H,1-5,13H2,(H,14,15). The Labute approximate surface area is 89.1 Å². The highest BCUT2D eigenvalue weighted by Crippen LogP contribution is 2.23. The lowest BCUT2D eigenvalue weighted by Gasteiger charge is -2.08. The Bertz CT molecular complexity index is 406. The molecule has 0 aromatic carbocycles. The molecule has 0 saturated heterocycles. The van der Waals surface area contributed by atoms with E-state index < -0.39 is 0 Å². The van der Waals surface area contributed by atoms with E-state index in [2.05, 4.69) is 16.5 Å². The van der Waals surface area contributed by atoms with Gasteiger partial charge in [-0.25, -0.2) is 10.8 Å². The van der Waals surface area contributed by atoms with Crippen molar-refractivity contribution in [1.82, 2.24) is 4.98 Å². The Morgan fingerprint density at radius 2 is 2.13 bits per heavy atom. The van der Waals surface area contributed by atoms with Gasteiger partial charge in [-0.05, 0) is 37.3 Å². The Balaban J connectivity index is 2.47. The molecule has 0 bridgehead atoms. The summed E-state index contributed by atoms with van der Waals surface area (Å²) in [6.45, 7) is 0. The summed E-state index contributed by atoms with van der Waals surface area (Å²) in [4.78, 5) is 4.40. The van der Waals surface area contributed by atoms with Gasteiger partial charge < -0.3 is 5.43 Å². The van der Waals surface area contributed by atoms with Crippen LogP contribution in [0.3, 0.4) is 0 Å². The van der Waals surface area contributed by atoms with Gasteiger partial charge >= 0.3 is 0 Å². The summed E-state index contributed by atoms with van der Waals surface area (Å²) in [5.74, 6) is 5.83. The lowest BCUT2D eigenvalue weighted by molar-refractivity contribution is 0.709. The fourth-order valence-electron chi connectivity index (χ4n) is 2.01. The molecule has 1 aromatic heterocycles. The first-order valence-corrected chi connectivity index (χ1v) is 5.24. The fourth-order valence-corrected chi connectivity index (χ4v) is 2.01. The number of nitrogen functional groups attached to an aromatic ring is 1. The molecular weight excluding hydrogens is 188 g/mol. The van der Waals surface area contributed by atoms with Crippen LogP contribution in [0.2, 0.25) is 0 Å². The van der Waals surface area contributed by atoms with E-state index in [1.165, 1.54) is 24.8 Å². The van der Waals surface area contributed by atoms with Crippen LogP contribution >= 0.6 is 0 Å². The summed E-state index contributed by atoms with van der Waals surface area (Å²) in [5, 5.41) is 8.94. The number of hydrogen-bond donors (Lipinski definition) is 2. The molecule has 0 atom stereocenters. The number of fused-ring (bicyclic) bond motifs is 1. The van der Waals surface area contributed by atoms with Crippen molar-refractivity contribution in [3.63, 3.8) is 0 Å². The van der Waals surface area contributed by atoms with Crippen LogP contribution in [0.1, 0.15) is 36.1 Å². The van der Waals surface area contributed by atoms with E-state index >= 15 is 0 Å². The maximum absolute atomic E-state index is 8.94. The van der Waals surface area contributed by atoms with Crippen LogP contribution in [0.5, 0.6) is 0 Å². The molecule has 4 heteroatoms. The van der Waals surface area contributed by atoms with Gasteiger partial charge in [-0.3, -0.25) is 0 Å². The van der Waals surface area contributed by atoms with E-state index in [-0.39, 0.29) is 0 Å². The predicted octanol–water partition coefficient (Wildman–Crippen LogP) is 1.51. The van der Waals surface area contributed by atoms with E-state index in [0.29, 0.717) is 11.4 Å². The Morgan fingerprint density at radius 3 is 2.87 bits per heavy atom. The summed E-state index contributed by atoms with van der Waals surface area (Å²) in [5.41, 5.74) is 5.33. The topological polar surface area (TPSA) is 74.7 Å². The summed E-state index contributed by atoms with van der Waals surface area (Å²) in [6.07, 6.45) is 5.63. The third-order valence-electron chi connectivity index (χ3n) is 2.81. The minimum absolute atomic E-state index is 0.498. The molecule has 1 aliphatic rings. The summed E-state index contributed by atoms with van der Waals surface area (Å²) in [7, 11) is 0. The summed E-state index contributed by atoms with van der Waals surface area (Å²) >= 11 is 0. The van der Waals surface area contributed by atoms with Crippen LogP contribution in [-0.2, 0) is 12.8 Å². The van der Waals surface area contributed by atoms with Crippen molar-refractivity contribution in [2.75, 3.05) is 5.43 Å². The second-order valence-corrected chi connectivity index (χ2v) is 3.81. The Hall–Kier alpha value is -1.60. The van der Waals surface area contributed by atoms with Crippen molar-refractivity contribution in [1.29, 1.82) is 5.26 Å². The van der Waals surface area contributed by atoms with Gasteiger partial charge in [-0.2, -0.15) is 5.26 Å². The lowest BCUT2D eigenvalue weighted by Crippen LogP contribution is -2.12. The number of nitrogens with zero attached hydrogens (tertiary/aromatic N) is 2. The zero-order valence-electron chi connectivity index (χ0n) is 8.58. The highest BCUT2D eigenvalue weighted by Gasteiger charge is 2.13. The van der Waals surface area contributed by atoms with Gasteiger partial charge in [-0.1, -0.05) is 6.42 Å². The number of nitriles is 1. The van der Waals surface area contributed by atoms with Crippen LogP contribution < -0.4 is 11.3 Å². The molecule has 0 radical (unpaired) electrons. The van der Waals surface area contributed by atoms with Crippen molar-refractivity contribution >= 4 is 5.82 Å².